The van der Waals surface area contributed by atoms with Gasteiger partial charge in [-0.15, -0.1) is 5.10 Å². The number of rotatable bonds is 6. The number of thioether (sulfide) groups is 1. The minimum atomic E-state index is 0.377. The number of nitrogens with one attached hydrogen (secondary N) is 1. The summed E-state index contributed by atoms with van der Waals surface area (Å²) in [6.45, 7) is 1.44. The molecule has 1 heterocycles. The first kappa shape index (κ1) is 11.7. The molecule has 6 heteroatoms. The van der Waals surface area contributed by atoms with Crippen molar-refractivity contribution in [2.75, 3.05) is 24.7 Å². The summed E-state index contributed by atoms with van der Waals surface area (Å²) in [5, 5.41) is 11.1. The molecule has 1 aliphatic rings. The van der Waals surface area contributed by atoms with E-state index in [1.165, 1.54) is 19.3 Å². The summed E-state index contributed by atoms with van der Waals surface area (Å²) < 4.78 is 5.79. The molecule has 0 bridgehead atoms. The van der Waals surface area contributed by atoms with Crippen LogP contribution in [0.3, 0.4) is 0 Å². The molecular formula is C10H18N4OS. The zero-order chi connectivity index (χ0) is 11.4. The van der Waals surface area contributed by atoms with Gasteiger partial charge in [0.2, 0.25) is 5.89 Å². The second-order valence-corrected chi connectivity index (χ2v) is 5.41. The molecule has 0 unspecified atom stereocenters. The Morgan fingerprint density at radius 3 is 2.88 bits per heavy atom. The lowest BCUT2D eigenvalue weighted by Crippen LogP contribution is -2.40. The van der Waals surface area contributed by atoms with E-state index in [1.54, 1.807) is 0 Å². The van der Waals surface area contributed by atoms with Crippen molar-refractivity contribution in [1.82, 2.24) is 10.2 Å². The van der Waals surface area contributed by atoms with E-state index in [2.05, 4.69) is 21.8 Å². The van der Waals surface area contributed by atoms with Gasteiger partial charge in [0, 0.05) is 24.3 Å². The van der Waals surface area contributed by atoms with E-state index in [0.29, 0.717) is 29.6 Å². The topological polar surface area (TPSA) is 77.0 Å². The highest BCUT2D eigenvalue weighted by Gasteiger charge is 2.36. The Morgan fingerprint density at radius 1 is 1.50 bits per heavy atom. The number of hydrogen-bond acceptors (Lipinski definition) is 6. The van der Waals surface area contributed by atoms with Crippen LogP contribution in [0.15, 0.2) is 4.42 Å². The summed E-state index contributed by atoms with van der Waals surface area (Å²) in [4.78, 5) is 0. The first-order valence-corrected chi connectivity index (χ1v) is 6.82. The minimum absolute atomic E-state index is 0.377. The van der Waals surface area contributed by atoms with E-state index in [4.69, 9.17) is 10.2 Å². The van der Waals surface area contributed by atoms with Crippen molar-refractivity contribution in [2.24, 2.45) is 5.73 Å². The second-order valence-electron chi connectivity index (χ2n) is 4.13. The lowest BCUT2D eigenvalue weighted by atomic mass is 9.84. The second kappa shape index (κ2) is 5.05. The molecule has 0 atom stereocenters. The van der Waals surface area contributed by atoms with Gasteiger partial charge >= 0.3 is 6.01 Å². The van der Waals surface area contributed by atoms with Crippen molar-refractivity contribution in [3.63, 3.8) is 0 Å². The molecule has 1 aromatic rings. The monoisotopic (exact) mass is 242 g/mol. The quantitative estimate of drug-likeness (QED) is 0.782. The number of aromatic nitrogens is 2. The minimum Gasteiger partial charge on any atom is -0.408 e. The summed E-state index contributed by atoms with van der Waals surface area (Å²) in [6.07, 6.45) is 6.66. The molecule has 0 radical (unpaired) electrons. The van der Waals surface area contributed by atoms with E-state index >= 15 is 0 Å². The lowest BCUT2D eigenvalue weighted by Gasteiger charge is -2.40. The fourth-order valence-electron chi connectivity index (χ4n) is 1.81. The third kappa shape index (κ3) is 2.49. The van der Waals surface area contributed by atoms with E-state index in [0.717, 1.165) is 6.54 Å². The van der Waals surface area contributed by atoms with Gasteiger partial charge in [-0.1, -0.05) is 11.5 Å². The van der Waals surface area contributed by atoms with Crippen LogP contribution in [0.5, 0.6) is 0 Å². The van der Waals surface area contributed by atoms with Gasteiger partial charge in [-0.2, -0.15) is 11.8 Å². The summed E-state index contributed by atoms with van der Waals surface area (Å²) in [6, 6.07) is 0.517. The van der Waals surface area contributed by atoms with Crippen LogP contribution in [-0.4, -0.2) is 34.3 Å². The van der Waals surface area contributed by atoms with E-state index in [1.807, 2.05) is 11.8 Å². The van der Waals surface area contributed by atoms with Crippen LogP contribution in [0.4, 0.5) is 6.01 Å². The molecule has 2 rings (SSSR count). The largest absolute Gasteiger partial charge is 0.408 e. The maximum atomic E-state index is 5.41. The average Bonchev–Trinajstić information content (AvgIpc) is 2.66. The van der Waals surface area contributed by atoms with Crippen molar-refractivity contribution in [2.45, 2.75) is 30.4 Å². The van der Waals surface area contributed by atoms with E-state index < -0.39 is 0 Å². The standard InChI is InChI=1S/C10H18N4OS/c1-16-10(4-2-5-10)7-12-9-14-13-8(15-9)3-6-11/h2-7,11H2,1H3,(H,12,14). The fraction of sp³-hybridized carbons (Fsp3) is 0.800. The maximum Gasteiger partial charge on any atom is 0.315 e. The average molecular weight is 242 g/mol. The molecule has 0 amide bonds. The van der Waals surface area contributed by atoms with Crippen LogP contribution in [-0.2, 0) is 6.42 Å². The summed E-state index contributed by atoms with van der Waals surface area (Å²) in [5.41, 5.74) is 5.41. The predicted octanol–water partition coefficient (Wildman–Crippen LogP) is 1.27. The van der Waals surface area contributed by atoms with Crippen molar-refractivity contribution in [3.05, 3.63) is 5.89 Å². The summed E-state index contributed by atoms with van der Waals surface area (Å²) in [7, 11) is 0. The number of hydrogen-bond donors (Lipinski definition) is 2. The van der Waals surface area contributed by atoms with Crippen molar-refractivity contribution >= 4 is 17.8 Å². The van der Waals surface area contributed by atoms with Crippen molar-refractivity contribution < 1.29 is 4.42 Å². The Balaban J connectivity index is 1.84. The Labute approximate surface area is 99.6 Å². The highest BCUT2D eigenvalue weighted by molar-refractivity contribution is 8.00. The number of nitrogens with zero attached hydrogens (tertiary/aromatic N) is 2. The predicted molar refractivity (Wildman–Crippen MR) is 65.6 cm³/mol. The Bertz CT molecular complexity index is 332. The van der Waals surface area contributed by atoms with Gasteiger partial charge in [-0.3, -0.25) is 0 Å². The first-order valence-electron chi connectivity index (χ1n) is 5.59. The maximum absolute atomic E-state index is 5.41. The molecule has 90 valence electrons. The molecule has 0 aromatic carbocycles. The highest BCUT2D eigenvalue weighted by atomic mass is 32.2. The van der Waals surface area contributed by atoms with E-state index in [9.17, 15) is 0 Å². The number of nitrogens with two attached hydrogens (primary N) is 1. The zero-order valence-electron chi connectivity index (χ0n) is 9.53. The zero-order valence-corrected chi connectivity index (χ0v) is 10.3. The molecule has 1 saturated carbocycles. The summed E-state index contributed by atoms with van der Waals surface area (Å²) in [5.74, 6) is 0.608. The number of anilines is 1. The van der Waals surface area contributed by atoms with Gasteiger partial charge in [0.1, 0.15) is 0 Å². The SMILES string of the molecule is CSC1(CNc2nnc(CCN)o2)CCC1. The van der Waals surface area contributed by atoms with Crippen LogP contribution in [0, 0.1) is 0 Å². The first-order chi connectivity index (χ1) is 7.78. The van der Waals surface area contributed by atoms with Gasteiger partial charge < -0.3 is 15.5 Å². The van der Waals surface area contributed by atoms with E-state index in [-0.39, 0.29) is 0 Å². The Hall–Kier alpha value is -0.750. The Morgan fingerprint density at radius 2 is 2.31 bits per heavy atom. The van der Waals surface area contributed by atoms with Gasteiger partial charge in [0.15, 0.2) is 0 Å². The molecule has 3 N–H and O–H groups in total. The third-order valence-electron chi connectivity index (χ3n) is 3.08. The van der Waals surface area contributed by atoms with Gasteiger partial charge in [-0.05, 0) is 19.1 Å². The molecule has 1 aromatic heterocycles. The Kier molecular flexibility index (Phi) is 3.70. The molecule has 0 saturated heterocycles. The highest BCUT2D eigenvalue weighted by Crippen LogP contribution is 2.42. The summed E-state index contributed by atoms with van der Waals surface area (Å²) >= 11 is 1.92. The van der Waals surface area contributed by atoms with Gasteiger partial charge in [0.05, 0.1) is 0 Å². The molecule has 5 nitrogen and oxygen atoms in total. The van der Waals surface area contributed by atoms with Gasteiger partial charge in [-0.25, -0.2) is 0 Å². The molecular weight excluding hydrogens is 224 g/mol. The van der Waals surface area contributed by atoms with Gasteiger partial charge in [0.25, 0.3) is 0 Å². The van der Waals surface area contributed by atoms with Crippen molar-refractivity contribution in [3.8, 4) is 0 Å². The molecule has 0 aliphatic heterocycles. The molecule has 1 fully saturated rings. The van der Waals surface area contributed by atoms with Crippen LogP contribution >= 0.6 is 11.8 Å². The molecule has 1 aliphatic carbocycles. The third-order valence-corrected chi connectivity index (χ3v) is 4.50. The van der Waals surface area contributed by atoms with Crippen LogP contribution in [0.1, 0.15) is 25.2 Å². The van der Waals surface area contributed by atoms with Crippen LogP contribution in [0.25, 0.3) is 0 Å². The fourth-order valence-corrected chi connectivity index (χ4v) is 2.72. The molecule has 16 heavy (non-hydrogen) atoms. The van der Waals surface area contributed by atoms with Crippen LogP contribution < -0.4 is 11.1 Å². The normalized spacial score (nSPS) is 18.1. The smallest absolute Gasteiger partial charge is 0.315 e. The molecule has 0 spiro atoms. The van der Waals surface area contributed by atoms with Crippen LogP contribution in [0.2, 0.25) is 0 Å². The van der Waals surface area contributed by atoms with Crippen molar-refractivity contribution in [1.29, 1.82) is 0 Å². The lowest BCUT2D eigenvalue weighted by molar-refractivity contribution is 0.376.